The van der Waals surface area contributed by atoms with Crippen LogP contribution in [0.4, 0.5) is 11.4 Å². The van der Waals surface area contributed by atoms with Gasteiger partial charge in [-0.25, -0.2) is 0 Å². The molecule has 0 fully saturated rings. The molecule has 8 nitrogen and oxygen atoms in total. The number of esters is 1. The van der Waals surface area contributed by atoms with Gasteiger partial charge in [-0.3, -0.25) is 19.7 Å². The lowest BCUT2D eigenvalue weighted by atomic mass is 10.2. The predicted molar refractivity (Wildman–Crippen MR) is 118 cm³/mol. The molecule has 3 aromatic rings. The Kier molecular flexibility index (Phi) is 7.53. The zero-order valence-electron chi connectivity index (χ0n) is 17.4. The molecule has 0 atom stereocenters. The van der Waals surface area contributed by atoms with Crippen molar-refractivity contribution in [3.05, 3.63) is 94.0 Å². The third-order valence-corrected chi connectivity index (χ3v) is 4.56. The molecule has 1 N–H and O–H groups in total. The van der Waals surface area contributed by atoms with E-state index >= 15 is 0 Å². The zero-order valence-corrected chi connectivity index (χ0v) is 17.4. The van der Waals surface area contributed by atoms with Crippen molar-refractivity contribution in [1.82, 2.24) is 0 Å². The standard InChI is InChI=1S/C24H22N2O6/c1-17-5-2-3-8-22(17)25-23(27)13-14-24(28)31-16-18-6-4-7-21(15-18)32-20-11-9-19(10-12-20)26(29)30/h2-12,15H,13-14,16H2,1H3,(H,25,27). The number of amides is 1. The Morgan fingerprint density at radius 2 is 1.69 bits per heavy atom. The summed E-state index contributed by atoms with van der Waals surface area (Å²) >= 11 is 0. The summed E-state index contributed by atoms with van der Waals surface area (Å²) in [4.78, 5) is 34.3. The molecule has 0 unspecified atom stereocenters. The van der Waals surface area contributed by atoms with Crippen LogP contribution in [0.3, 0.4) is 0 Å². The van der Waals surface area contributed by atoms with Crippen molar-refractivity contribution in [2.24, 2.45) is 0 Å². The Morgan fingerprint density at radius 1 is 0.938 bits per heavy atom. The first-order chi connectivity index (χ1) is 15.4. The highest BCUT2D eigenvalue weighted by Gasteiger charge is 2.10. The van der Waals surface area contributed by atoms with Crippen molar-refractivity contribution < 1.29 is 24.0 Å². The highest BCUT2D eigenvalue weighted by atomic mass is 16.6. The Morgan fingerprint density at radius 3 is 2.41 bits per heavy atom. The van der Waals surface area contributed by atoms with Crippen LogP contribution >= 0.6 is 0 Å². The third kappa shape index (κ3) is 6.66. The van der Waals surface area contributed by atoms with Crippen LogP contribution in [-0.4, -0.2) is 16.8 Å². The van der Waals surface area contributed by atoms with Crippen LogP contribution < -0.4 is 10.1 Å². The highest BCUT2D eigenvalue weighted by molar-refractivity contribution is 5.93. The summed E-state index contributed by atoms with van der Waals surface area (Å²) in [5.74, 6) is 0.218. The molecule has 1 amide bonds. The molecule has 3 aromatic carbocycles. The van der Waals surface area contributed by atoms with Crippen LogP contribution in [-0.2, 0) is 20.9 Å². The Hall–Kier alpha value is -4.20. The molecular weight excluding hydrogens is 412 g/mol. The first-order valence-corrected chi connectivity index (χ1v) is 9.93. The van der Waals surface area contributed by atoms with Crippen molar-refractivity contribution in [3.63, 3.8) is 0 Å². The predicted octanol–water partition coefficient (Wildman–Crippen LogP) is 5.16. The maximum atomic E-state index is 12.0. The van der Waals surface area contributed by atoms with Crippen molar-refractivity contribution >= 4 is 23.3 Å². The molecule has 0 aliphatic heterocycles. The first-order valence-electron chi connectivity index (χ1n) is 9.93. The Bertz CT molecular complexity index is 1110. The van der Waals surface area contributed by atoms with Crippen molar-refractivity contribution in [2.45, 2.75) is 26.4 Å². The number of benzene rings is 3. The van der Waals surface area contributed by atoms with Crippen molar-refractivity contribution in [3.8, 4) is 11.5 Å². The number of nitro benzene ring substituents is 1. The van der Waals surface area contributed by atoms with E-state index in [1.807, 2.05) is 25.1 Å². The lowest BCUT2D eigenvalue weighted by Crippen LogP contribution is -2.15. The van der Waals surface area contributed by atoms with Gasteiger partial charge in [-0.15, -0.1) is 0 Å². The van der Waals surface area contributed by atoms with Crippen LogP contribution in [0.5, 0.6) is 11.5 Å². The van der Waals surface area contributed by atoms with Gasteiger partial charge in [0.2, 0.25) is 5.91 Å². The lowest BCUT2D eigenvalue weighted by molar-refractivity contribution is -0.384. The number of ether oxygens (including phenoxy) is 2. The summed E-state index contributed by atoms with van der Waals surface area (Å²) in [6.07, 6.45) is -0.00678. The number of anilines is 1. The number of nitrogens with zero attached hydrogens (tertiary/aromatic N) is 1. The number of nitrogens with one attached hydrogen (secondary N) is 1. The monoisotopic (exact) mass is 434 g/mol. The maximum absolute atomic E-state index is 12.0. The number of aryl methyl sites for hydroxylation is 1. The molecule has 0 bridgehead atoms. The summed E-state index contributed by atoms with van der Waals surface area (Å²) in [5, 5.41) is 13.5. The molecule has 0 spiro atoms. The van der Waals surface area contributed by atoms with Crippen LogP contribution in [0.2, 0.25) is 0 Å². The normalized spacial score (nSPS) is 10.3. The zero-order chi connectivity index (χ0) is 22.9. The Balaban J connectivity index is 1.46. The summed E-state index contributed by atoms with van der Waals surface area (Å²) in [7, 11) is 0. The van der Waals surface area contributed by atoms with Gasteiger partial charge in [-0.05, 0) is 48.4 Å². The average Bonchev–Trinajstić information content (AvgIpc) is 2.78. The third-order valence-electron chi connectivity index (χ3n) is 4.56. The topological polar surface area (TPSA) is 108 Å². The van der Waals surface area contributed by atoms with Crippen molar-refractivity contribution in [2.75, 3.05) is 5.32 Å². The van der Waals surface area contributed by atoms with Gasteiger partial charge in [0.1, 0.15) is 18.1 Å². The quantitative estimate of drug-likeness (QED) is 0.283. The van der Waals surface area contributed by atoms with Gasteiger partial charge in [0.15, 0.2) is 0 Å². The second kappa shape index (κ2) is 10.7. The molecule has 0 aliphatic carbocycles. The van der Waals surface area contributed by atoms with Gasteiger partial charge in [0.05, 0.1) is 11.3 Å². The van der Waals surface area contributed by atoms with Crippen LogP contribution in [0.25, 0.3) is 0 Å². The van der Waals surface area contributed by atoms with Gasteiger partial charge in [0, 0.05) is 24.2 Å². The van der Waals surface area contributed by atoms with Gasteiger partial charge in [0.25, 0.3) is 5.69 Å². The smallest absolute Gasteiger partial charge is 0.306 e. The molecule has 0 heterocycles. The van der Waals surface area contributed by atoms with E-state index in [-0.39, 0.29) is 31.0 Å². The molecule has 0 saturated heterocycles. The average molecular weight is 434 g/mol. The number of hydrogen-bond donors (Lipinski definition) is 1. The summed E-state index contributed by atoms with van der Waals surface area (Å²) in [6.45, 7) is 1.93. The van der Waals surface area contributed by atoms with E-state index in [1.54, 1.807) is 30.3 Å². The second-order valence-electron chi connectivity index (χ2n) is 7.02. The minimum Gasteiger partial charge on any atom is -0.461 e. The molecular formula is C24H22N2O6. The minimum atomic E-state index is -0.481. The van der Waals surface area contributed by atoms with Crippen LogP contribution in [0.1, 0.15) is 24.0 Å². The number of para-hydroxylation sites is 1. The molecule has 164 valence electrons. The van der Waals surface area contributed by atoms with Gasteiger partial charge < -0.3 is 14.8 Å². The van der Waals surface area contributed by atoms with Gasteiger partial charge in [-0.2, -0.15) is 0 Å². The number of nitro groups is 1. The number of non-ortho nitro benzene ring substituents is 1. The maximum Gasteiger partial charge on any atom is 0.306 e. The summed E-state index contributed by atoms with van der Waals surface area (Å²) in [6, 6.07) is 20.1. The minimum absolute atomic E-state index is 0.0226. The molecule has 0 radical (unpaired) electrons. The number of carbonyl (C=O) groups excluding carboxylic acids is 2. The molecule has 0 aliphatic rings. The summed E-state index contributed by atoms with van der Waals surface area (Å²) in [5.41, 5.74) is 2.35. The molecule has 3 rings (SSSR count). The van der Waals surface area contributed by atoms with E-state index in [0.29, 0.717) is 17.1 Å². The van der Waals surface area contributed by atoms with Crippen LogP contribution in [0.15, 0.2) is 72.8 Å². The molecule has 0 aromatic heterocycles. The first kappa shape index (κ1) is 22.5. The number of hydrogen-bond acceptors (Lipinski definition) is 6. The van der Waals surface area contributed by atoms with Gasteiger partial charge >= 0.3 is 5.97 Å². The van der Waals surface area contributed by atoms with E-state index < -0.39 is 10.9 Å². The van der Waals surface area contributed by atoms with E-state index in [4.69, 9.17) is 9.47 Å². The molecule has 32 heavy (non-hydrogen) atoms. The van der Waals surface area contributed by atoms with E-state index in [9.17, 15) is 19.7 Å². The largest absolute Gasteiger partial charge is 0.461 e. The van der Waals surface area contributed by atoms with Crippen molar-refractivity contribution in [1.29, 1.82) is 0 Å². The fraction of sp³-hybridized carbons (Fsp3) is 0.167. The fourth-order valence-corrected chi connectivity index (χ4v) is 2.85. The van der Waals surface area contributed by atoms with Gasteiger partial charge in [-0.1, -0.05) is 30.3 Å². The van der Waals surface area contributed by atoms with E-state index in [2.05, 4.69) is 5.32 Å². The molecule has 8 heteroatoms. The fourth-order valence-electron chi connectivity index (χ4n) is 2.85. The van der Waals surface area contributed by atoms with E-state index in [1.165, 1.54) is 24.3 Å². The van der Waals surface area contributed by atoms with E-state index in [0.717, 1.165) is 11.3 Å². The highest BCUT2D eigenvalue weighted by Crippen LogP contribution is 2.24. The lowest BCUT2D eigenvalue weighted by Gasteiger charge is -2.09. The number of rotatable bonds is 9. The SMILES string of the molecule is Cc1ccccc1NC(=O)CCC(=O)OCc1cccc(Oc2ccc([N+](=O)[O-])cc2)c1. The number of carbonyl (C=O) groups is 2. The summed E-state index contributed by atoms with van der Waals surface area (Å²) < 4.78 is 10.9. The van der Waals surface area contributed by atoms with Crippen LogP contribution in [0, 0.1) is 17.0 Å². The second-order valence-corrected chi connectivity index (χ2v) is 7.02. The Labute approximate surface area is 184 Å². The molecule has 0 saturated carbocycles.